The van der Waals surface area contributed by atoms with E-state index in [9.17, 15) is 14.7 Å². The SMILES string of the molecule is CC1(C(=O)O)CCCN1C(=O)CCc1c[nH]c2ccccc12. The molecule has 2 heterocycles. The minimum Gasteiger partial charge on any atom is -0.480 e. The fourth-order valence-electron chi connectivity index (χ4n) is 3.30. The van der Waals surface area contributed by atoms with Crippen molar-refractivity contribution in [2.45, 2.75) is 38.1 Å². The number of para-hydroxylation sites is 1. The average molecular weight is 300 g/mol. The third-order valence-corrected chi connectivity index (χ3v) is 4.69. The van der Waals surface area contributed by atoms with E-state index in [2.05, 4.69) is 4.98 Å². The topological polar surface area (TPSA) is 73.4 Å². The predicted molar refractivity (Wildman–Crippen MR) is 83.6 cm³/mol. The zero-order valence-electron chi connectivity index (χ0n) is 12.6. The minimum absolute atomic E-state index is 0.0762. The van der Waals surface area contributed by atoms with E-state index >= 15 is 0 Å². The first-order chi connectivity index (χ1) is 10.5. The molecule has 0 radical (unpaired) electrons. The number of aromatic amines is 1. The van der Waals surface area contributed by atoms with E-state index in [0.717, 1.165) is 22.9 Å². The Morgan fingerprint density at radius 3 is 2.91 bits per heavy atom. The summed E-state index contributed by atoms with van der Waals surface area (Å²) in [6.07, 6.45) is 4.17. The van der Waals surface area contributed by atoms with Crippen molar-refractivity contribution >= 4 is 22.8 Å². The van der Waals surface area contributed by atoms with Crippen molar-refractivity contribution in [3.8, 4) is 0 Å². The van der Waals surface area contributed by atoms with Gasteiger partial charge in [-0.3, -0.25) is 4.79 Å². The van der Waals surface area contributed by atoms with Crippen molar-refractivity contribution in [2.24, 2.45) is 0 Å². The van der Waals surface area contributed by atoms with Crippen molar-refractivity contribution in [1.29, 1.82) is 0 Å². The predicted octanol–water partition coefficient (Wildman–Crippen LogP) is 2.57. The van der Waals surface area contributed by atoms with Crippen LogP contribution in [-0.2, 0) is 16.0 Å². The van der Waals surface area contributed by atoms with E-state index in [1.807, 2.05) is 30.5 Å². The molecule has 0 spiro atoms. The monoisotopic (exact) mass is 300 g/mol. The molecule has 1 saturated heterocycles. The van der Waals surface area contributed by atoms with Crippen LogP contribution in [-0.4, -0.2) is 39.0 Å². The van der Waals surface area contributed by atoms with Crippen molar-refractivity contribution in [3.05, 3.63) is 36.0 Å². The summed E-state index contributed by atoms with van der Waals surface area (Å²) >= 11 is 0. The fourth-order valence-corrected chi connectivity index (χ4v) is 3.30. The molecule has 5 heteroatoms. The second-order valence-electron chi connectivity index (χ2n) is 6.09. The second kappa shape index (κ2) is 5.48. The summed E-state index contributed by atoms with van der Waals surface area (Å²) in [5, 5.41) is 10.5. The van der Waals surface area contributed by atoms with Crippen LogP contribution in [0.25, 0.3) is 10.9 Å². The molecule has 1 atom stereocenters. The van der Waals surface area contributed by atoms with E-state index in [1.165, 1.54) is 4.90 Å². The van der Waals surface area contributed by atoms with Gasteiger partial charge in [0.2, 0.25) is 5.91 Å². The standard InChI is InChI=1S/C17H20N2O3/c1-17(16(21)22)9-4-10-19(17)15(20)8-7-12-11-18-14-6-3-2-5-13(12)14/h2-3,5-6,11,18H,4,7-10H2,1H3,(H,21,22). The Bertz CT molecular complexity index is 722. The number of nitrogens with one attached hydrogen (secondary N) is 1. The maximum atomic E-state index is 12.4. The smallest absolute Gasteiger partial charge is 0.329 e. The summed E-state index contributed by atoms with van der Waals surface area (Å²) in [6, 6.07) is 7.98. The number of likely N-dealkylation sites (tertiary alicyclic amines) is 1. The molecule has 1 aliphatic rings. The molecule has 0 saturated carbocycles. The fraction of sp³-hybridized carbons (Fsp3) is 0.412. The number of aryl methyl sites for hydroxylation is 1. The molecule has 1 aromatic heterocycles. The lowest BCUT2D eigenvalue weighted by Gasteiger charge is -2.31. The Kier molecular flexibility index (Phi) is 3.64. The van der Waals surface area contributed by atoms with E-state index < -0.39 is 11.5 Å². The largest absolute Gasteiger partial charge is 0.480 e. The van der Waals surface area contributed by atoms with Crippen LogP contribution < -0.4 is 0 Å². The first kappa shape index (κ1) is 14.6. The highest BCUT2D eigenvalue weighted by Crippen LogP contribution is 2.30. The first-order valence-corrected chi connectivity index (χ1v) is 7.61. The number of benzene rings is 1. The first-order valence-electron chi connectivity index (χ1n) is 7.61. The quantitative estimate of drug-likeness (QED) is 0.911. The molecule has 2 N–H and O–H groups in total. The van der Waals surface area contributed by atoms with Crippen molar-refractivity contribution in [3.63, 3.8) is 0 Å². The van der Waals surface area contributed by atoms with Crippen LogP contribution in [0.15, 0.2) is 30.5 Å². The summed E-state index contributed by atoms with van der Waals surface area (Å²) in [7, 11) is 0. The lowest BCUT2D eigenvalue weighted by Crippen LogP contribution is -2.50. The minimum atomic E-state index is -1.04. The van der Waals surface area contributed by atoms with Gasteiger partial charge in [-0.1, -0.05) is 18.2 Å². The summed E-state index contributed by atoms with van der Waals surface area (Å²) in [6.45, 7) is 2.18. The van der Waals surface area contributed by atoms with Gasteiger partial charge in [0, 0.05) is 30.1 Å². The molecule has 1 unspecified atom stereocenters. The van der Waals surface area contributed by atoms with Crippen LogP contribution in [0.4, 0.5) is 0 Å². The number of H-pyrrole nitrogens is 1. The van der Waals surface area contributed by atoms with Crippen molar-refractivity contribution in [2.75, 3.05) is 6.54 Å². The number of carboxylic acid groups (broad SMARTS) is 1. The number of carboxylic acids is 1. The normalized spacial score (nSPS) is 21.4. The van der Waals surface area contributed by atoms with Gasteiger partial charge in [0.1, 0.15) is 5.54 Å². The molecule has 1 amide bonds. The maximum absolute atomic E-state index is 12.4. The Morgan fingerprint density at radius 1 is 1.36 bits per heavy atom. The number of carbonyl (C=O) groups excluding carboxylic acids is 1. The number of carbonyl (C=O) groups is 2. The van der Waals surface area contributed by atoms with Crippen LogP contribution in [0.2, 0.25) is 0 Å². The summed E-state index contributed by atoms with van der Waals surface area (Å²) in [5.74, 6) is -0.988. The number of aromatic nitrogens is 1. The number of aliphatic carboxylic acids is 1. The Morgan fingerprint density at radius 2 is 2.14 bits per heavy atom. The number of hydrogen-bond acceptors (Lipinski definition) is 2. The van der Waals surface area contributed by atoms with Gasteiger partial charge in [0.15, 0.2) is 0 Å². The van der Waals surface area contributed by atoms with Crippen LogP contribution in [0.1, 0.15) is 31.7 Å². The van der Waals surface area contributed by atoms with E-state index in [0.29, 0.717) is 25.8 Å². The third-order valence-electron chi connectivity index (χ3n) is 4.69. The van der Waals surface area contributed by atoms with E-state index in [4.69, 9.17) is 0 Å². The van der Waals surface area contributed by atoms with Crippen molar-refractivity contribution in [1.82, 2.24) is 9.88 Å². The van der Waals surface area contributed by atoms with Crippen LogP contribution in [0.3, 0.4) is 0 Å². The molecule has 1 fully saturated rings. The summed E-state index contributed by atoms with van der Waals surface area (Å²) < 4.78 is 0. The Labute approximate surface area is 128 Å². The van der Waals surface area contributed by atoms with Gasteiger partial charge < -0.3 is 15.0 Å². The molecular formula is C17H20N2O3. The molecule has 22 heavy (non-hydrogen) atoms. The van der Waals surface area contributed by atoms with Gasteiger partial charge in [-0.2, -0.15) is 0 Å². The average Bonchev–Trinajstić information content (AvgIpc) is 3.09. The molecule has 5 nitrogen and oxygen atoms in total. The van der Waals surface area contributed by atoms with Gasteiger partial charge in [0.25, 0.3) is 0 Å². The van der Waals surface area contributed by atoms with E-state index in [-0.39, 0.29) is 5.91 Å². The lowest BCUT2D eigenvalue weighted by atomic mass is 9.98. The molecule has 0 aliphatic carbocycles. The molecule has 2 aromatic rings. The summed E-state index contributed by atoms with van der Waals surface area (Å²) in [5.41, 5.74) is 1.11. The molecule has 1 aromatic carbocycles. The van der Waals surface area contributed by atoms with E-state index in [1.54, 1.807) is 6.92 Å². The highest BCUT2D eigenvalue weighted by molar-refractivity contribution is 5.88. The van der Waals surface area contributed by atoms with Gasteiger partial charge in [-0.25, -0.2) is 4.79 Å². The molecule has 1 aliphatic heterocycles. The zero-order chi connectivity index (χ0) is 15.7. The van der Waals surface area contributed by atoms with Crippen LogP contribution in [0.5, 0.6) is 0 Å². The highest BCUT2D eigenvalue weighted by Gasteiger charge is 2.45. The highest BCUT2D eigenvalue weighted by atomic mass is 16.4. The second-order valence-corrected chi connectivity index (χ2v) is 6.09. The number of nitrogens with zero attached hydrogens (tertiary/aromatic N) is 1. The van der Waals surface area contributed by atoms with Gasteiger partial charge in [-0.05, 0) is 37.8 Å². The van der Waals surface area contributed by atoms with Gasteiger partial charge >= 0.3 is 5.97 Å². The van der Waals surface area contributed by atoms with Crippen LogP contribution >= 0.6 is 0 Å². The van der Waals surface area contributed by atoms with Gasteiger partial charge in [0.05, 0.1) is 0 Å². The summed E-state index contributed by atoms with van der Waals surface area (Å²) in [4.78, 5) is 28.6. The lowest BCUT2D eigenvalue weighted by molar-refractivity contribution is -0.155. The van der Waals surface area contributed by atoms with Crippen LogP contribution in [0, 0.1) is 0 Å². The molecule has 3 rings (SSSR count). The maximum Gasteiger partial charge on any atom is 0.329 e. The van der Waals surface area contributed by atoms with Crippen molar-refractivity contribution < 1.29 is 14.7 Å². The Hall–Kier alpha value is -2.30. The third kappa shape index (κ3) is 2.36. The Balaban J connectivity index is 1.71. The number of rotatable bonds is 4. The molecular weight excluding hydrogens is 280 g/mol. The number of amides is 1. The number of fused-ring (bicyclic) bond motifs is 1. The molecule has 116 valence electrons. The molecule has 0 bridgehead atoms. The zero-order valence-corrected chi connectivity index (χ0v) is 12.6. The number of hydrogen-bond donors (Lipinski definition) is 2. The van der Waals surface area contributed by atoms with Gasteiger partial charge in [-0.15, -0.1) is 0 Å².